The van der Waals surface area contributed by atoms with Gasteiger partial charge in [0.2, 0.25) is 5.91 Å². The van der Waals surface area contributed by atoms with E-state index in [-0.39, 0.29) is 43.0 Å². The van der Waals surface area contributed by atoms with Crippen LogP contribution in [0.15, 0.2) is 29.3 Å². The summed E-state index contributed by atoms with van der Waals surface area (Å²) in [7, 11) is 0. The van der Waals surface area contributed by atoms with Crippen molar-refractivity contribution in [3.05, 3.63) is 30.1 Å². The first-order valence-electron chi connectivity index (χ1n) is 6.94. The number of hydrogen-bond donors (Lipinski definition) is 3. The van der Waals surface area contributed by atoms with Crippen LogP contribution in [0.25, 0.3) is 0 Å². The smallest absolute Gasteiger partial charge is 0.357 e. The van der Waals surface area contributed by atoms with Crippen molar-refractivity contribution in [1.82, 2.24) is 10.6 Å². The van der Waals surface area contributed by atoms with Crippen LogP contribution in [0.1, 0.15) is 13.3 Å². The lowest BCUT2D eigenvalue weighted by atomic mass is 10.3. The molecule has 1 amide bonds. The third-order valence-electron chi connectivity index (χ3n) is 2.55. The van der Waals surface area contributed by atoms with E-state index >= 15 is 0 Å². The van der Waals surface area contributed by atoms with Gasteiger partial charge in [-0.1, -0.05) is 0 Å². The summed E-state index contributed by atoms with van der Waals surface area (Å²) in [5.41, 5.74) is 0.404. The topological polar surface area (TPSA) is 65.5 Å². The Bertz CT molecular complexity index is 535. The van der Waals surface area contributed by atoms with Crippen LogP contribution >= 0.6 is 24.0 Å². The Balaban J connectivity index is 0.00000529. The Morgan fingerprint density at radius 3 is 2.33 bits per heavy atom. The van der Waals surface area contributed by atoms with Crippen LogP contribution in [0.2, 0.25) is 0 Å². The second-order valence-electron chi connectivity index (χ2n) is 4.54. The van der Waals surface area contributed by atoms with Crippen LogP contribution in [-0.4, -0.2) is 37.7 Å². The highest BCUT2D eigenvalue weighted by Gasteiger charge is 2.26. The van der Waals surface area contributed by atoms with Crippen molar-refractivity contribution in [3.8, 4) is 0 Å². The molecule has 0 atom stereocenters. The predicted octanol–water partition coefficient (Wildman–Crippen LogP) is 2.89. The second-order valence-corrected chi connectivity index (χ2v) is 4.54. The first kappa shape index (κ1) is 22.4. The van der Waals surface area contributed by atoms with Crippen LogP contribution in [0, 0.1) is 5.82 Å². The summed E-state index contributed by atoms with van der Waals surface area (Å²) in [6, 6.07) is 5.18. The number of alkyl halides is 3. The summed E-state index contributed by atoms with van der Waals surface area (Å²) < 4.78 is 49.0. The average molecular weight is 462 g/mol. The highest BCUT2D eigenvalue weighted by molar-refractivity contribution is 14.0. The van der Waals surface area contributed by atoms with Crippen LogP contribution in [0.5, 0.6) is 0 Å². The summed E-state index contributed by atoms with van der Waals surface area (Å²) in [5, 5.41) is 7.73. The molecule has 1 aromatic rings. The molecule has 0 aliphatic rings. The SMILES string of the molecule is CCNC(=NCC(=O)Nc1ccc(F)cc1)NCCC(F)(F)F.I. The number of benzene rings is 1. The molecule has 0 radical (unpaired) electrons. The summed E-state index contributed by atoms with van der Waals surface area (Å²) in [6.07, 6.45) is -5.26. The second kappa shape index (κ2) is 11.0. The fourth-order valence-corrected chi connectivity index (χ4v) is 1.55. The van der Waals surface area contributed by atoms with Crippen molar-refractivity contribution in [2.45, 2.75) is 19.5 Å². The number of hydrogen-bond acceptors (Lipinski definition) is 2. The lowest BCUT2D eigenvalue weighted by Gasteiger charge is -2.12. The monoisotopic (exact) mass is 462 g/mol. The molecule has 0 heterocycles. The molecule has 0 unspecified atom stereocenters. The predicted molar refractivity (Wildman–Crippen MR) is 95.1 cm³/mol. The van der Waals surface area contributed by atoms with Gasteiger partial charge in [0, 0.05) is 18.8 Å². The molecule has 0 bridgehead atoms. The molecule has 5 nitrogen and oxygen atoms in total. The van der Waals surface area contributed by atoms with E-state index in [0.717, 1.165) is 0 Å². The van der Waals surface area contributed by atoms with Gasteiger partial charge in [0.05, 0.1) is 6.42 Å². The molecule has 0 aliphatic carbocycles. The highest BCUT2D eigenvalue weighted by atomic mass is 127. The zero-order chi connectivity index (χ0) is 17.3. The van der Waals surface area contributed by atoms with Crippen molar-refractivity contribution in [2.24, 2.45) is 4.99 Å². The first-order valence-corrected chi connectivity index (χ1v) is 6.94. The molecule has 1 aromatic carbocycles. The number of anilines is 1. The molecule has 0 saturated carbocycles. The van der Waals surface area contributed by atoms with Gasteiger partial charge in [-0.15, -0.1) is 24.0 Å². The molecule has 0 spiro atoms. The molecular formula is C14H19F4IN4O. The molecule has 3 N–H and O–H groups in total. The van der Waals surface area contributed by atoms with Crippen LogP contribution in [-0.2, 0) is 4.79 Å². The number of halogens is 5. The molecule has 24 heavy (non-hydrogen) atoms. The van der Waals surface area contributed by atoms with Gasteiger partial charge in [-0.2, -0.15) is 13.2 Å². The Morgan fingerprint density at radius 2 is 1.79 bits per heavy atom. The average Bonchev–Trinajstić information content (AvgIpc) is 2.46. The number of rotatable bonds is 6. The summed E-state index contributed by atoms with van der Waals surface area (Å²) in [5.74, 6) is -0.778. The van der Waals surface area contributed by atoms with E-state index in [1.165, 1.54) is 24.3 Å². The molecule has 0 fully saturated rings. The van der Waals surface area contributed by atoms with Crippen LogP contribution in [0.3, 0.4) is 0 Å². The molecule has 10 heteroatoms. The van der Waals surface area contributed by atoms with E-state index in [2.05, 4.69) is 20.9 Å². The minimum absolute atomic E-state index is 0. The zero-order valence-corrected chi connectivity index (χ0v) is 15.2. The Kier molecular flexibility index (Phi) is 10.3. The van der Waals surface area contributed by atoms with Crippen LogP contribution < -0.4 is 16.0 Å². The van der Waals surface area contributed by atoms with Gasteiger partial charge >= 0.3 is 6.18 Å². The number of nitrogens with one attached hydrogen (secondary N) is 3. The lowest BCUT2D eigenvalue weighted by Crippen LogP contribution is -2.39. The third-order valence-corrected chi connectivity index (χ3v) is 2.55. The Hall–Kier alpha value is -1.59. The van der Waals surface area contributed by atoms with Gasteiger partial charge in [0.25, 0.3) is 0 Å². The fourth-order valence-electron chi connectivity index (χ4n) is 1.55. The molecular weight excluding hydrogens is 443 g/mol. The number of carbonyl (C=O) groups excluding carboxylic acids is 1. The lowest BCUT2D eigenvalue weighted by molar-refractivity contribution is -0.132. The standard InChI is InChI=1S/C14H18F4N4O.HI/c1-2-19-13(20-8-7-14(16,17)18)21-9-12(23)22-11-5-3-10(15)4-6-11;/h3-6H,2,7-9H2,1H3,(H,22,23)(H2,19,20,21);1H. The molecule has 0 saturated heterocycles. The molecule has 136 valence electrons. The van der Waals surface area contributed by atoms with E-state index in [1.54, 1.807) is 6.92 Å². The Labute approximate surface area is 154 Å². The minimum atomic E-state index is -4.26. The minimum Gasteiger partial charge on any atom is -0.357 e. The number of nitrogens with zero attached hydrogens (tertiary/aromatic N) is 1. The van der Waals surface area contributed by atoms with Crippen molar-refractivity contribution in [3.63, 3.8) is 0 Å². The fraction of sp³-hybridized carbons (Fsp3) is 0.429. The number of carbonyl (C=O) groups is 1. The molecule has 1 rings (SSSR count). The van der Waals surface area contributed by atoms with Crippen LogP contribution in [0.4, 0.5) is 23.2 Å². The van der Waals surface area contributed by atoms with Gasteiger partial charge in [-0.25, -0.2) is 9.38 Å². The van der Waals surface area contributed by atoms with Crippen molar-refractivity contribution in [1.29, 1.82) is 0 Å². The number of amides is 1. The largest absolute Gasteiger partial charge is 0.390 e. The zero-order valence-electron chi connectivity index (χ0n) is 12.9. The van der Waals surface area contributed by atoms with E-state index in [9.17, 15) is 22.4 Å². The van der Waals surface area contributed by atoms with Gasteiger partial charge in [-0.3, -0.25) is 4.79 Å². The van der Waals surface area contributed by atoms with E-state index < -0.39 is 24.3 Å². The number of aliphatic imine (C=N–C) groups is 1. The molecule has 0 aromatic heterocycles. The summed E-state index contributed by atoms with van der Waals surface area (Å²) in [4.78, 5) is 15.6. The van der Waals surface area contributed by atoms with Gasteiger partial charge in [0.15, 0.2) is 5.96 Å². The van der Waals surface area contributed by atoms with Gasteiger partial charge < -0.3 is 16.0 Å². The van der Waals surface area contributed by atoms with Gasteiger partial charge in [-0.05, 0) is 31.2 Å². The first-order chi connectivity index (χ1) is 10.8. The summed E-state index contributed by atoms with van der Waals surface area (Å²) >= 11 is 0. The maximum Gasteiger partial charge on any atom is 0.390 e. The van der Waals surface area contributed by atoms with Crippen molar-refractivity contribution in [2.75, 3.05) is 25.0 Å². The van der Waals surface area contributed by atoms with Crippen molar-refractivity contribution < 1.29 is 22.4 Å². The Morgan fingerprint density at radius 1 is 1.17 bits per heavy atom. The maximum absolute atomic E-state index is 12.7. The summed E-state index contributed by atoms with van der Waals surface area (Å²) in [6.45, 7) is 1.57. The van der Waals surface area contributed by atoms with E-state index in [1.807, 2.05) is 0 Å². The normalized spacial score (nSPS) is 11.5. The van der Waals surface area contributed by atoms with E-state index in [0.29, 0.717) is 12.2 Å². The third kappa shape index (κ3) is 10.2. The maximum atomic E-state index is 12.7. The quantitative estimate of drug-likeness (QED) is 0.264. The van der Waals surface area contributed by atoms with Gasteiger partial charge in [0.1, 0.15) is 12.4 Å². The number of guanidine groups is 1. The van der Waals surface area contributed by atoms with Crippen molar-refractivity contribution >= 4 is 41.5 Å². The highest BCUT2D eigenvalue weighted by Crippen LogP contribution is 2.18. The molecule has 0 aliphatic heterocycles. The van der Waals surface area contributed by atoms with E-state index in [4.69, 9.17) is 0 Å².